The van der Waals surface area contributed by atoms with Crippen molar-refractivity contribution in [2.24, 2.45) is 0 Å². The van der Waals surface area contributed by atoms with Gasteiger partial charge in [0.25, 0.3) is 11.6 Å². The number of carbonyl (C=O) groups is 2. The number of amides is 2. The lowest BCUT2D eigenvalue weighted by Gasteiger charge is -2.27. The van der Waals surface area contributed by atoms with Gasteiger partial charge in [0, 0.05) is 41.9 Å². The van der Waals surface area contributed by atoms with Gasteiger partial charge in [-0.3, -0.25) is 19.7 Å². The highest BCUT2D eigenvalue weighted by Gasteiger charge is 2.21. The smallest absolute Gasteiger partial charge is 0.274 e. The average molecular weight is 429 g/mol. The number of rotatable bonds is 6. The summed E-state index contributed by atoms with van der Waals surface area (Å²) >= 11 is 1.85. The fourth-order valence-corrected chi connectivity index (χ4v) is 4.23. The van der Waals surface area contributed by atoms with E-state index in [1.807, 2.05) is 29.7 Å². The van der Waals surface area contributed by atoms with E-state index in [0.29, 0.717) is 22.5 Å². The van der Waals surface area contributed by atoms with Gasteiger partial charge < -0.3 is 15.5 Å². The minimum Gasteiger partial charge on any atom is -0.376 e. The Hall–Kier alpha value is -3.07. The maximum absolute atomic E-state index is 12.8. The predicted octanol–water partition coefficient (Wildman–Crippen LogP) is 3.45. The van der Waals surface area contributed by atoms with Gasteiger partial charge in [0.15, 0.2) is 0 Å². The second-order valence-corrected chi connectivity index (χ2v) is 8.22. The molecule has 0 bridgehead atoms. The van der Waals surface area contributed by atoms with Crippen molar-refractivity contribution in [2.75, 3.05) is 41.8 Å². The van der Waals surface area contributed by atoms with Crippen LogP contribution in [-0.2, 0) is 4.79 Å². The first-order valence-corrected chi connectivity index (χ1v) is 10.8. The van der Waals surface area contributed by atoms with E-state index >= 15 is 0 Å². The van der Waals surface area contributed by atoms with Crippen LogP contribution in [0.5, 0.6) is 0 Å². The van der Waals surface area contributed by atoms with Crippen molar-refractivity contribution in [1.82, 2.24) is 4.90 Å². The minimum atomic E-state index is -0.476. The molecule has 1 heterocycles. The highest BCUT2D eigenvalue weighted by atomic mass is 32.2. The third-order valence-corrected chi connectivity index (χ3v) is 6.02. The average Bonchev–Trinajstić information content (AvgIpc) is 2.74. The summed E-state index contributed by atoms with van der Waals surface area (Å²) in [5.41, 5.74) is 2.89. The number of nitrogens with zero attached hydrogens (tertiary/aromatic N) is 2. The van der Waals surface area contributed by atoms with Crippen molar-refractivity contribution in [3.63, 3.8) is 0 Å². The molecule has 30 heavy (non-hydrogen) atoms. The molecule has 0 aliphatic carbocycles. The van der Waals surface area contributed by atoms with E-state index in [-0.39, 0.29) is 24.0 Å². The molecule has 1 aliphatic rings. The van der Waals surface area contributed by atoms with Crippen LogP contribution in [0, 0.1) is 24.0 Å². The first-order valence-electron chi connectivity index (χ1n) is 9.63. The summed E-state index contributed by atoms with van der Waals surface area (Å²) in [4.78, 5) is 37.6. The molecule has 0 radical (unpaired) electrons. The van der Waals surface area contributed by atoms with Gasteiger partial charge in [0.1, 0.15) is 0 Å². The number of anilines is 2. The second-order valence-electron chi connectivity index (χ2n) is 6.99. The minimum absolute atomic E-state index is 0.00752. The molecule has 2 N–H and O–H groups in total. The van der Waals surface area contributed by atoms with E-state index in [1.54, 1.807) is 25.1 Å². The molecule has 2 amide bonds. The number of benzene rings is 2. The molecular weight excluding hydrogens is 404 g/mol. The summed E-state index contributed by atoms with van der Waals surface area (Å²) in [7, 11) is 0. The largest absolute Gasteiger partial charge is 0.376 e. The van der Waals surface area contributed by atoms with Gasteiger partial charge in [-0.05, 0) is 37.6 Å². The molecule has 2 aromatic rings. The molecule has 0 saturated carbocycles. The Kier molecular flexibility index (Phi) is 6.94. The molecule has 0 unspecified atom stereocenters. The maximum Gasteiger partial charge on any atom is 0.274 e. The molecule has 0 spiro atoms. The van der Waals surface area contributed by atoms with Crippen LogP contribution in [0.4, 0.5) is 17.1 Å². The van der Waals surface area contributed by atoms with E-state index in [1.165, 1.54) is 12.1 Å². The van der Waals surface area contributed by atoms with Crippen molar-refractivity contribution in [3.05, 3.63) is 63.2 Å². The molecule has 0 atom stereocenters. The zero-order valence-corrected chi connectivity index (χ0v) is 17.8. The molecule has 1 aliphatic heterocycles. The van der Waals surface area contributed by atoms with Crippen LogP contribution >= 0.6 is 11.8 Å². The van der Waals surface area contributed by atoms with Crippen LogP contribution in [0.25, 0.3) is 0 Å². The molecule has 1 fully saturated rings. The fourth-order valence-electron chi connectivity index (χ4n) is 3.32. The van der Waals surface area contributed by atoms with Gasteiger partial charge in [-0.25, -0.2) is 0 Å². The Bertz CT molecular complexity index is 973. The van der Waals surface area contributed by atoms with Crippen molar-refractivity contribution in [1.29, 1.82) is 0 Å². The lowest BCUT2D eigenvalue weighted by molar-refractivity contribution is -0.385. The quantitative estimate of drug-likeness (QED) is 0.539. The van der Waals surface area contributed by atoms with Crippen LogP contribution in [0.2, 0.25) is 0 Å². The summed E-state index contributed by atoms with van der Waals surface area (Å²) in [6.45, 7) is 4.91. The normalized spacial score (nSPS) is 13.6. The number of nitrogens with one attached hydrogen (secondary N) is 2. The predicted molar refractivity (Wildman–Crippen MR) is 119 cm³/mol. The van der Waals surface area contributed by atoms with Crippen LogP contribution in [0.3, 0.4) is 0 Å². The Morgan fingerprint density at radius 2 is 1.73 bits per heavy atom. The van der Waals surface area contributed by atoms with Crippen molar-refractivity contribution in [2.45, 2.75) is 13.8 Å². The van der Waals surface area contributed by atoms with Crippen molar-refractivity contribution in [3.8, 4) is 0 Å². The molecule has 2 aromatic carbocycles. The van der Waals surface area contributed by atoms with Gasteiger partial charge in [-0.15, -0.1) is 0 Å². The Labute approximate surface area is 179 Å². The van der Waals surface area contributed by atoms with Gasteiger partial charge in [-0.1, -0.05) is 12.1 Å². The summed E-state index contributed by atoms with van der Waals surface area (Å²) in [5.74, 6) is 1.57. The third-order valence-electron chi connectivity index (χ3n) is 5.08. The number of hydrogen-bond acceptors (Lipinski definition) is 6. The number of nitro groups is 1. The molecule has 9 heteroatoms. The highest BCUT2D eigenvalue weighted by molar-refractivity contribution is 7.99. The standard InChI is InChI=1S/C21H24N4O4S/c1-14-16(21(27)24-9-11-30-12-10-24)5-3-6-17(14)22-13-20(26)23-18-7-4-8-19(15(18)2)25(28)29/h3-8,22H,9-13H2,1-2H3,(H,23,26). The summed E-state index contributed by atoms with van der Waals surface area (Å²) < 4.78 is 0. The number of thioether (sulfide) groups is 1. The van der Waals surface area contributed by atoms with Crippen LogP contribution in [-0.4, -0.2) is 52.8 Å². The SMILES string of the molecule is Cc1c(NCC(=O)Nc2cccc([N+](=O)[O-])c2C)cccc1C(=O)N1CCSCC1. The number of carbonyl (C=O) groups excluding carboxylic acids is 2. The van der Waals surface area contributed by atoms with E-state index in [9.17, 15) is 19.7 Å². The Balaban J connectivity index is 1.66. The third kappa shape index (κ3) is 4.91. The van der Waals surface area contributed by atoms with Crippen LogP contribution in [0.15, 0.2) is 36.4 Å². The summed E-state index contributed by atoms with van der Waals surface area (Å²) in [6.07, 6.45) is 0. The molecule has 0 aromatic heterocycles. The maximum atomic E-state index is 12.8. The first kappa shape index (κ1) is 21.6. The number of hydrogen-bond donors (Lipinski definition) is 2. The van der Waals surface area contributed by atoms with Gasteiger partial charge in [0.2, 0.25) is 5.91 Å². The fraction of sp³-hybridized carbons (Fsp3) is 0.333. The van der Waals surface area contributed by atoms with Crippen molar-refractivity contribution >= 4 is 40.6 Å². The molecule has 158 valence electrons. The lowest BCUT2D eigenvalue weighted by Crippen LogP contribution is -2.38. The van der Waals surface area contributed by atoms with E-state index in [0.717, 1.165) is 30.2 Å². The van der Waals surface area contributed by atoms with E-state index < -0.39 is 4.92 Å². The monoisotopic (exact) mass is 428 g/mol. The zero-order valence-electron chi connectivity index (χ0n) is 16.9. The summed E-state index contributed by atoms with van der Waals surface area (Å²) in [5, 5.41) is 16.8. The first-order chi connectivity index (χ1) is 14.4. The topological polar surface area (TPSA) is 105 Å². The van der Waals surface area contributed by atoms with Crippen LogP contribution < -0.4 is 10.6 Å². The molecule has 8 nitrogen and oxygen atoms in total. The Morgan fingerprint density at radius 1 is 1.07 bits per heavy atom. The lowest BCUT2D eigenvalue weighted by atomic mass is 10.1. The van der Waals surface area contributed by atoms with Crippen LogP contribution in [0.1, 0.15) is 21.5 Å². The molecule has 1 saturated heterocycles. The highest BCUT2D eigenvalue weighted by Crippen LogP contribution is 2.25. The molecule has 3 rings (SSSR count). The molecular formula is C21H24N4O4S. The Morgan fingerprint density at radius 3 is 2.43 bits per heavy atom. The van der Waals surface area contributed by atoms with Gasteiger partial charge in [0.05, 0.1) is 22.7 Å². The second kappa shape index (κ2) is 9.62. The zero-order chi connectivity index (χ0) is 21.7. The van der Waals surface area contributed by atoms with Gasteiger partial charge >= 0.3 is 0 Å². The number of nitro benzene ring substituents is 1. The van der Waals surface area contributed by atoms with E-state index in [4.69, 9.17) is 0 Å². The van der Waals surface area contributed by atoms with Crippen molar-refractivity contribution < 1.29 is 14.5 Å². The summed E-state index contributed by atoms with van der Waals surface area (Å²) in [6, 6.07) is 9.98. The van der Waals surface area contributed by atoms with E-state index in [2.05, 4.69) is 10.6 Å². The van der Waals surface area contributed by atoms with Gasteiger partial charge in [-0.2, -0.15) is 11.8 Å².